The van der Waals surface area contributed by atoms with Gasteiger partial charge in [0, 0.05) is 29.5 Å². The van der Waals surface area contributed by atoms with E-state index >= 15 is 4.39 Å². The number of rotatable bonds is 4. The minimum absolute atomic E-state index is 0.0899. The average molecular weight is 466 g/mol. The van der Waals surface area contributed by atoms with Crippen LogP contribution in [0.15, 0.2) is 48.8 Å². The van der Waals surface area contributed by atoms with Gasteiger partial charge in [-0.15, -0.1) is 0 Å². The normalized spacial score (nSPS) is 15.2. The second-order valence-electron chi connectivity index (χ2n) is 8.55. The molecule has 1 aromatic heterocycles. The zero-order valence-electron chi connectivity index (χ0n) is 18.6. The van der Waals surface area contributed by atoms with E-state index in [4.69, 9.17) is 16.3 Å². The Morgan fingerprint density at radius 2 is 2.09 bits per heavy atom. The Bertz CT molecular complexity index is 1250. The van der Waals surface area contributed by atoms with Gasteiger partial charge < -0.3 is 20.3 Å². The molecule has 0 bridgehead atoms. The lowest BCUT2D eigenvalue weighted by atomic mass is 10.0. The van der Waals surface area contributed by atoms with Crippen molar-refractivity contribution in [3.63, 3.8) is 0 Å². The quantitative estimate of drug-likeness (QED) is 0.534. The first-order chi connectivity index (χ1) is 15.9. The van der Waals surface area contributed by atoms with Crippen LogP contribution in [0.25, 0.3) is 11.3 Å². The molecule has 2 aromatic carbocycles. The number of hydrogen-bond donors (Lipinski definition) is 2. The molecule has 0 fully saturated rings. The Morgan fingerprint density at radius 1 is 1.24 bits per heavy atom. The van der Waals surface area contributed by atoms with E-state index in [9.17, 15) is 0 Å². The van der Waals surface area contributed by atoms with E-state index < -0.39 is 5.82 Å². The number of anilines is 3. The molecular weight excluding hydrogens is 441 g/mol. The number of benzene rings is 2. The van der Waals surface area contributed by atoms with E-state index in [0.717, 1.165) is 30.9 Å². The summed E-state index contributed by atoms with van der Waals surface area (Å²) in [4.78, 5) is 10.9. The largest absolute Gasteiger partial charge is 0.482 e. The molecule has 2 aliphatic rings. The summed E-state index contributed by atoms with van der Waals surface area (Å²) < 4.78 is 20.6. The van der Waals surface area contributed by atoms with Crippen molar-refractivity contribution in [2.45, 2.75) is 32.9 Å². The molecule has 0 aliphatic carbocycles. The van der Waals surface area contributed by atoms with Crippen LogP contribution in [0.1, 0.15) is 25.0 Å². The number of hydrogen-bond acceptors (Lipinski definition) is 6. The summed E-state index contributed by atoms with van der Waals surface area (Å²) in [5, 5.41) is 6.97. The van der Waals surface area contributed by atoms with Crippen molar-refractivity contribution in [2.75, 3.05) is 23.4 Å². The highest BCUT2D eigenvalue weighted by Gasteiger charge is 2.28. The van der Waals surface area contributed by atoms with Gasteiger partial charge >= 0.3 is 0 Å². The van der Waals surface area contributed by atoms with E-state index in [0.29, 0.717) is 27.9 Å². The monoisotopic (exact) mass is 465 g/mol. The third-order valence-electron chi connectivity index (χ3n) is 5.89. The molecule has 2 N–H and O–H groups in total. The maximum Gasteiger partial charge on any atom is 0.227 e. The van der Waals surface area contributed by atoms with Crippen molar-refractivity contribution < 1.29 is 9.13 Å². The summed E-state index contributed by atoms with van der Waals surface area (Å²) in [6, 6.07) is 9.56. The molecule has 0 saturated carbocycles. The Labute approximate surface area is 197 Å². The number of nitrogens with one attached hydrogen (secondary N) is 2. The first kappa shape index (κ1) is 21.7. The van der Waals surface area contributed by atoms with E-state index in [1.54, 1.807) is 0 Å². The van der Waals surface area contributed by atoms with Gasteiger partial charge in [0.15, 0.2) is 11.6 Å². The van der Waals surface area contributed by atoms with Crippen LogP contribution < -0.4 is 20.3 Å². The summed E-state index contributed by atoms with van der Waals surface area (Å²) in [6.45, 7) is 10.2. The molecule has 3 heterocycles. The fourth-order valence-corrected chi connectivity index (χ4v) is 4.59. The van der Waals surface area contributed by atoms with E-state index in [1.807, 2.05) is 30.9 Å². The molecule has 2 aliphatic heterocycles. The molecule has 6 nitrogen and oxygen atoms in total. The second-order valence-corrected chi connectivity index (χ2v) is 8.96. The van der Waals surface area contributed by atoms with Gasteiger partial charge in [-0.2, -0.15) is 0 Å². The van der Waals surface area contributed by atoms with Gasteiger partial charge in [0.2, 0.25) is 5.95 Å². The van der Waals surface area contributed by atoms with Gasteiger partial charge in [-0.05, 0) is 62.2 Å². The lowest BCUT2D eigenvalue weighted by Crippen LogP contribution is -2.35. The molecule has 3 aromatic rings. The molecule has 0 unspecified atom stereocenters. The van der Waals surface area contributed by atoms with Crippen LogP contribution in [-0.4, -0.2) is 29.2 Å². The number of nitrogens with zero attached hydrogens (tertiary/aromatic N) is 3. The Morgan fingerprint density at radius 3 is 2.91 bits per heavy atom. The topological polar surface area (TPSA) is 62.3 Å². The van der Waals surface area contributed by atoms with Gasteiger partial charge in [0.05, 0.1) is 22.6 Å². The summed E-state index contributed by atoms with van der Waals surface area (Å²) in [7, 11) is 0. The standard InChI is InChI=1S/C25H25ClFN5O/c1-14(2)32-15(3)13-33-24-21(27)9-18(10-22(24)32)23-20(26)12-29-25(31-23)30-19-5-4-17-11-28-7-6-16(17)8-19/h4-5,8-10,12,14,28H,3,6-7,11,13H2,1-2H3,(H,29,30,31). The van der Waals surface area contributed by atoms with Gasteiger partial charge in [-0.1, -0.05) is 24.2 Å². The predicted molar refractivity (Wildman–Crippen MR) is 130 cm³/mol. The molecule has 0 saturated heterocycles. The van der Waals surface area contributed by atoms with Crippen LogP contribution >= 0.6 is 11.6 Å². The van der Waals surface area contributed by atoms with E-state index in [1.165, 1.54) is 23.4 Å². The van der Waals surface area contributed by atoms with Crippen molar-refractivity contribution in [2.24, 2.45) is 0 Å². The lowest BCUT2D eigenvalue weighted by molar-refractivity contribution is 0.314. The highest BCUT2D eigenvalue weighted by atomic mass is 35.5. The minimum atomic E-state index is -0.465. The fourth-order valence-electron chi connectivity index (χ4n) is 4.39. The van der Waals surface area contributed by atoms with Crippen LogP contribution in [0.4, 0.5) is 21.7 Å². The third-order valence-corrected chi connectivity index (χ3v) is 6.17. The van der Waals surface area contributed by atoms with Gasteiger partial charge in [-0.25, -0.2) is 14.4 Å². The zero-order valence-corrected chi connectivity index (χ0v) is 19.3. The van der Waals surface area contributed by atoms with Crippen molar-refractivity contribution >= 4 is 28.9 Å². The summed E-state index contributed by atoms with van der Waals surface area (Å²) >= 11 is 6.45. The number of ether oxygens (including phenoxy) is 1. The summed E-state index contributed by atoms with van der Waals surface area (Å²) in [6.07, 6.45) is 2.51. The van der Waals surface area contributed by atoms with Crippen molar-refractivity contribution in [3.8, 4) is 17.0 Å². The smallest absolute Gasteiger partial charge is 0.227 e. The van der Waals surface area contributed by atoms with Crippen LogP contribution in [0, 0.1) is 5.82 Å². The van der Waals surface area contributed by atoms with E-state index in [2.05, 4.69) is 39.3 Å². The SMILES string of the molecule is C=C1COc2c(F)cc(-c3nc(Nc4ccc5c(c4)CCNC5)ncc3Cl)cc2N1C(C)C. The van der Waals surface area contributed by atoms with Crippen LogP contribution in [-0.2, 0) is 13.0 Å². The second kappa shape index (κ2) is 8.65. The first-order valence-corrected chi connectivity index (χ1v) is 11.3. The lowest BCUT2D eigenvalue weighted by Gasteiger charge is -2.36. The Balaban J connectivity index is 1.51. The Kier molecular flexibility index (Phi) is 5.68. The van der Waals surface area contributed by atoms with Gasteiger partial charge in [0.25, 0.3) is 0 Å². The maximum atomic E-state index is 15.0. The van der Waals surface area contributed by atoms with Crippen molar-refractivity contribution in [1.29, 1.82) is 0 Å². The van der Waals surface area contributed by atoms with Crippen molar-refractivity contribution in [3.05, 3.63) is 70.8 Å². The van der Waals surface area contributed by atoms with Gasteiger partial charge in [0.1, 0.15) is 6.61 Å². The molecule has 170 valence electrons. The summed E-state index contributed by atoms with van der Waals surface area (Å²) in [5.74, 6) is 0.142. The van der Waals surface area contributed by atoms with Gasteiger partial charge in [-0.3, -0.25) is 0 Å². The number of halogens is 2. The molecule has 0 amide bonds. The zero-order chi connectivity index (χ0) is 23.1. The highest BCUT2D eigenvalue weighted by molar-refractivity contribution is 6.33. The van der Waals surface area contributed by atoms with Crippen molar-refractivity contribution in [1.82, 2.24) is 15.3 Å². The molecular formula is C25H25ClFN5O. The number of aromatic nitrogens is 2. The molecule has 8 heteroatoms. The van der Waals surface area contributed by atoms with Crippen LogP contribution in [0.2, 0.25) is 5.02 Å². The number of fused-ring (bicyclic) bond motifs is 2. The predicted octanol–water partition coefficient (Wildman–Crippen LogP) is 5.45. The maximum absolute atomic E-state index is 15.0. The minimum Gasteiger partial charge on any atom is -0.482 e. The highest BCUT2D eigenvalue weighted by Crippen LogP contribution is 2.42. The van der Waals surface area contributed by atoms with Crippen LogP contribution in [0.3, 0.4) is 0 Å². The molecule has 0 radical (unpaired) electrons. The molecule has 5 rings (SSSR count). The average Bonchev–Trinajstić information content (AvgIpc) is 2.79. The molecule has 33 heavy (non-hydrogen) atoms. The molecule has 0 spiro atoms. The molecule has 0 atom stereocenters. The summed E-state index contributed by atoms with van der Waals surface area (Å²) in [5.41, 5.74) is 5.87. The fraction of sp³-hybridized carbons (Fsp3) is 0.280. The van der Waals surface area contributed by atoms with E-state index in [-0.39, 0.29) is 18.4 Å². The Hall–Kier alpha value is -3.16. The third kappa shape index (κ3) is 4.14. The first-order valence-electron chi connectivity index (χ1n) is 11.0. The van der Waals surface area contributed by atoms with Crippen LogP contribution in [0.5, 0.6) is 5.75 Å².